The van der Waals surface area contributed by atoms with Gasteiger partial charge in [-0.05, 0) is 0 Å². The molecule has 6 heteroatoms. The SMILES string of the molecule is CC(=O)C1=C(C)OP2(OC(C)C)(OCCO2)[C@@H]1c1ccccc1. The van der Waals surface area contributed by atoms with Crippen molar-refractivity contribution in [3.8, 4) is 0 Å². The number of benzene rings is 1. The van der Waals surface area contributed by atoms with Crippen LogP contribution in [0.3, 0.4) is 0 Å². The summed E-state index contributed by atoms with van der Waals surface area (Å²) in [7, 11) is -3.93. The average Bonchev–Trinajstić information content (AvgIpc) is 2.99. The zero-order valence-corrected chi connectivity index (χ0v) is 14.8. The zero-order valence-electron chi connectivity index (χ0n) is 13.9. The fourth-order valence-electron chi connectivity index (χ4n) is 3.40. The molecular weight excluding hydrogens is 315 g/mol. The molecule has 1 atom stereocenters. The monoisotopic (exact) mass is 338 g/mol. The molecule has 5 nitrogen and oxygen atoms in total. The number of hydrogen-bond donors (Lipinski definition) is 0. The van der Waals surface area contributed by atoms with Crippen molar-refractivity contribution in [2.75, 3.05) is 13.2 Å². The summed E-state index contributed by atoms with van der Waals surface area (Å²) < 4.78 is 24.6. The topological polar surface area (TPSA) is 54.0 Å². The van der Waals surface area contributed by atoms with Crippen LogP contribution in [0.5, 0.6) is 0 Å². The summed E-state index contributed by atoms with van der Waals surface area (Å²) in [5.41, 5.74) is 1.02. The van der Waals surface area contributed by atoms with Gasteiger partial charge in [0.05, 0.1) is 0 Å². The summed E-state index contributed by atoms with van der Waals surface area (Å²) in [6, 6.07) is 9.71. The first-order valence-corrected chi connectivity index (χ1v) is 9.83. The van der Waals surface area contributed by atoms with Gasteiger partial charge in [0.1, 0.15) is 0 Å². The van der Waals surface area contributed by atoms with Crippen molar-refractivity contribution < 1.29 is 22.9 Å². The van der Waals surface area contributed by atoms with Gasteiger partial charge in [-0.25, -0.2) is 0 Å². The number of carbonyl (C=O) groups excluding carboxylic acids is 1. The van der Waals surface area contributed by atoms with Crippen LogP contribution >= 0.6 is 7.51 Å². The minimum absolute atomic E-state index is 0.0516. The Kier molecular flexibility index (Phi) is 4.09. The second-order valence-corrected chi connectivity index (χ2v) is 9.28. The van der Waals surface area contributed by atoms with Crippen molar-refractivity contribution in [3.05, 3.63) is 47.2 Å². The Morgan fingerprint density at radius 2 is 1.83 bits per heavy atom. The van der Waals surface area contributed by atoms with Crippen LogP contribution in [0.2, 0.25) is 0 Å². The average molecular weight is 338 g/mol. The van der Waals surface area contributed by atoms with Crippen LogP contribution in [0, 0.1) is 0 Å². The van der Waals surface area contributed by atoms with Crippen molar-refractivity contribution in [1.82, 2.24) is 0 Å². The van der Waals surface area contributed by atoms with Gasteiger partial charge in [-0.1, -0.05) is 0 Å². The van der Waals surface area contributed by atoms with Gasteiger partial charge in [-0.15, -0.1) is 0 Å². The predicted molar refractivity (Wildman–Crippen MR) is 88.7 cm³/mol. The Bertz CT molecular complexity index is 646. The van der Waals surface area contributed by atoms with Gasteiger partial charge in [0.2, 0.25) is 0 Å². The quantitative estimate of drug-likeness (QED) is 0.766. The van der Waals surface area contributed by atoms with Gasteiger partial charge in [0, 0.05) is 0 Å². The van der Waals surface area contributed by atoms with Crippen LogP contribution in [0.15, 0.2) is 41.7 Å². The third-order valence-corrected chi connectivity index (χ3v) is 8.10. The van der Waals surface area contributed by atoms with Gasteiger partial charge in [0.25, 0.3) is 0 Å². The number of allylic oxidation sites excluding steroid dienone is 2. The predicted octanol–water partition coefficient (Wildman–Crippen LogP) is 4.31. The second kappa shape index (κ2) is 5.67. The number of carbonyl (C=O) groups is 1. The molecule has 1 saturated heterocycles. The zero-order chi connectivity index (χ0) is 16.7. The molecule has 0 unspecified atom stereocenters. The standard InChI is InChI=1S/C17H23O5P/c1-12(2)21-23(19-10-11-20-23)17(15-8-6-5-7-9-15)16(13(3)18)14(4)22-23/h5-9,12,17H,10-11H2,1-4H3/t17-/m1/s1. The second-order valence-electron chi connectivity index (χ2n) is 6.12. The molecule has 2 aliphatic rings. The molecule has 0 aliphatic carbocycles. The van der Waals surface area contributed by atoms with Crippen LogP contribution in [0.1, 0.15) is 38.9 Å². The van der Waals surface area contributed by atoms with Gasteiger partial charge in [0.15, 0.2) is 0 Å². The molecule has 1 spiro atoms. The van der Waals surface area contributed by atoms with Crippen LogP contribution in [-0.4, -0.2) is 25.1 Å². The molecule has 1 aromatic rings. The van der Waals surface area contributed by atoms with Crippen LogP contribution in [0.4, 0.5) is 0 Å². The Morgan fingerprint density at radius 1 is 1.22 bits per heavy atom. The Balaban J connectivity index is 2.22. The van der Waals surface area contributed by atoms with E-state index >= 15 is 0 Å². The van der Waals surface area contributed by atoms with E-state index in [9.17, 15) is 4.79 Å². The van der Waals surface area contributed by atoms with E-state index in [1.807, 2.05) is 44.2 Å². The van der Waals surface area contributed by atoms with Gasteiger partial charge in [-0.2, -0.15) is 0 Å². The summed E-state index contributed by atoms with van der Waals surface area (Å²) in [6.45, 7) is 7.95. The van der Waals surface area contributed by atoms with E-state index in [1.165, 1.54) is 0 Å². The number of Topliss-reactive ketones (excluding diaryl/α,β-unsaturated/α-hetero) is 1. The molecule has 2 aliphatic heterocycles. The van der Waals surface area contributed by atoms with Crippen LogP contribution < -0.4 is 0 Å². The van der Waals surface area contributed by atoms with Gasteiger partial charge in [-0.3, -0.25) is 0 Å². The number of hydrogen-bond acceptors (Lipinski definition) is 5. The molecule has 23 heavy (non-hydrogen) atoms. The molecule has 0 saturated carbocycles. The summed E-state index contributed by atoms with van der Waals surface area (Å²) in [5, 5.41) is 0. The van der Waals surface area contributed by atoms with E-state index in [0.29, 0.717) is 24.5 Å². The molecule has 3 rings (SSSR count). The maximum atomic E-state index is 12.3. The first-order chi connectivity index (χ1) is 10.9. The van der Waals surface area contributed by atoms with E-state index in [0.717, 1.165) is 5.56 Å². The molecule has 0 radical (unpaired) electrons. The van der Waals surface area contributed by atoms with E-state index in [-0.39, 0.29) is 11.9 Å². The molecule has 2 heterocycles. The third kappa shape index (κ3) is 2.52. The van der Waals surface area contributed by atoms with Crippen molar-refractivity contribution in [1.29, 1.82) is 0 Å². The van der Waals surface area contributed by atoms with Gasteiger partial charge < -0.3 is 0 Å². The molecular formula is C17H23O5P. The molecule has 1 aromatic carbocycles. The summed E-state index contributed by atoms with van der Waals surface area (Å²) in [5.74, 6) is 0.482. The Labute approximate surface area is 136 Å². The molecule has 1 fully saturated rings. The van der Waals surface area contributed by atoms with Crippen molar-refractivity contribution in [2.45, 2.75) is 39.5 Å². The molecule has 0 N–H and O–H groups in total. The molecule has 0 aromatic heterocycles. The Morgan fingerprint density at radius 3 is 2.35 bits per heavy atom. The summed E-state index contributed by atoms with van der Waals surface area (Å²) >= 11 is 0. The number of ketones is 1. The molecule has 0 amide bonds. The van der Waals surface area contributed by atoms with Crippen molar-refractivity contribution in [3.63, 3.8) is 0 Å². The minimum atomic E-state index is -3.93. The third-order valence-electron chi connectivity index (χ3n) is 4.00. The summed E-state index contributed by atoms with van der Waals surface area (Å²) in [4.78, 5) is 12.3. The Hall–Kier alpha value is -1.26. The normalized spacial score (nSPS) is 27.0. The van der Waals surface area contributed by atoms with Crippen molar-refractivity contribution in [2.24, 2.45) is 0 Å². The van der Waals surface area contributed by atoms with Crippen LogP contribution in [0.25, 0.3) is 0 Å². The maximum absolute atomic E-state index is 12.3. The first kappa shape index (κ1) is 16.6. The summed E-state index contributed by atoms with van der Waals surface area (Å²) in [6.07, 6.45) is -0.156. The van der Waals surface area contributed by atoms with Crippen molar-refractivity contribution >= 4 is 13.3 Å². The van der Waals surface area contributed by atoms with Crippen LogP contribution in [-0.2, 0) is 22.9 Å². The fourth-order valence-corrected chi connectivity index (χ4v) is 7.88. The van der Waals surface area contributed by atoms with E-state index in [4.69, 9.17) is 18.1 Å². The number of rotatable bonds is 4. The van der Waals surface area contributed by atoms with E-state index in [2.05, 4.69) is 0 Å². The molecule has 0 bridgehead atoms. The first-order valence-electron chi connectivity index (χ1n) is 7.85. The van der Waals surface area contributed by atoms with E-state index in [1.54, 1.807) is 13.8 Å². The molecule has 126 valence electrons. The van der Waals surface area contributed by atoms with E-state index < -0.39 is 13.2 Å². The fraction of sp³-hybridized carbons (Fsp3) is 0.471. The van der Waals surface area contributed by atoms with Gasteiger partial charge >= 0.3 is 136 Å².